The van der Waals surface area contributed by atoms with Crippen LogP contribution in [0.5, 0.6) is 0 Å². The van der Waals surface area contributed by atoms with E-state index in [0.717, 1.165) is 11.4 Å². The van der Waals surface area contributed by atoms with E-state index in [4.69, 9.17) is 0 Å². The quantitative estimate of drug-likeness (QED) is 0.925. The van der Waals surface area contributed by atoms with Gasteiger partial charge in [0.05, 0.1) is 23.5 Å². The third kappa shape index (κ3) is 3.42. The van der Waals surface area contributed by atoms with Gasteiger partial charge in [0, 0.05) is 19.1 Å². The molecule has 0 aromatic carbocycles. The number of hydrogen-bond acceptors (Lipinski definition) is 3. The molecule has 0 aliphatic carbocycles. The summed E-state index contributed by atoms with van der Waals surface area (Å²) in [7, 11) is 1.85. The summed E-state index contributed by atoms with van der Waals surface area (Å²) in [6, 6.07) is 3.86. The molecule has 1 saturated heterocycles. The highest BCUT2D eigenvalue weighted by molar-refractivity contribution is 5.45. The van der Waals surface area contributed by atoms with E-state index in [1.165, 1.54) is 0 Å². The van der Waals surface area contributed by atoms with Gasteiger partial charge >= 0.3 is 6.18 Å². The topological polar surface area (TPSA) is 28.2 Å². The minimum Gasteiger partial charge on any atom is -0.370 e. The van der Waals surface area contributed by atoms with Crippen molar-refractivity contribution in [1.29, 1.82) is 0 Å². The lowest BCUT2D eigenvalue weighted by Crippen LogP contribution is -2.41. The first-order valence-corrected chi connectivity index (χ1v) is 6.86. The zero-order chi connectivity index (χ0) is 14.8. The summed E-state index contributed by atoms with van der Waals surface area (Å²) in [5.41, 5.74) is 1.66. The van der Waals surface area contributed by atoms with Crippen LogP contribution in [0.4, 0.5) is 18.9 Å². The van der Waals surface area contributed by atoms with Gasteiger partial charge in [-0.2, -0.15) is 13.2 Å². The summed E-state index contributed by atoms with van der Waals surface area (Å²) in [5, 5.41) is 3.08. The molecular weight excluding hydrogens is 267 g/mol. The molecule has 2 rings (SSSR count). The first-order chi connectivity index (χ1) is 9.41. The molecule has 1 aliphatic heterocycles. The molecule has 0 bridgehead atoms. The van der Waals surface area contributed by atoms with Crippen molar-refractivity contribution < 1.29 is 13.2 Å². The van der Waals surface area contributed by atoms with E-state index >= 15 is 0 Å². The maximum atomic E-state index is 12.8. The lowest BCUT2D eigenvalue weighted by Gasteiger charge is -2.35. The number of hydrogen-bond donors (Lipinski definition) is 1. The Balaban J connectivity index is 2.07. The number of anilines is 1. The second-order valence-electron chi connectivity index (χ2n) is 5.28. The highest BCUT2D eigenvalue weighted by Crippen LogP contribution is 2.34. The molecule has 20 heavy (non-hydrogen) atoms. The fourth-order valence-electron chi connectivity index (χ4n) is 2.47. The molecule has 1 N–H and O–H groups in total. The number of halogens is 3. The Morgan fingerprint density at radius 1 is 1.40 bits per heavy atom. The predicted molar refractivity (Wildman–Crippen MR) is 72.7 cm³/mol. The van der Waals surface area contributed by atoms with Gasteiger partial charge in [0.1, 0.15) is 0 Å². The molecule has 1 aromatic heterocycles. The van der Waals surface area contributed by atoms with Gasteiger partial charge in [0.25, 0.3) is 0 Å². The SMILES string of the molecule is CNC(C)c1ccc(N2CCCC(C(F)(F)F)C2)cn1. The van der Waals surface area contributed by atoms with Crippen LogP contribution in [0.25, 0.3) is 0 Å². The van der Waals surface area contributed by atoms with Crippen molar-refractivity contribution in [2.75, 3.05) is 25.0 Å². The van der Waals surface area contributed by atoms with Crippen LogP contribution in [0.15, 0.2) is 18.3 Å². The van der Waals surface area contributed by atoms with E-state index in [9.17, 15) is 13.2 Å². The summed E-state index contributed by atoms with van der Waals surface area (Å²) in [4.78, 5) is 6.11. The van der Waals surface area contributed by atoms with Crippen molar-refractivity contribution in [3.05, 3.63) is 24.0 Å². The third-order valence-corrected chi connectivity index (χ3v) is 3.90. The average Bonchev–Trinajstić information content (AvgIpc) is 2.46. The molecule has 3 nitrogen and oxygen atoms in total. The van der Waals surface area contributed by atoms with Crippen LogP contribution in [-0.2, 0) is 0 Å². The monoisotopic (exact) mass is 287 g/mol. The van der Waals surface area contributed by atoms with Crippen LogP contribution in [0.3, 0.4) is 0 Å². The highest BCUT2D eigenvalue weighted by Gasteiger charge is 2.41. The summed E-state index contributed by atoms with van der Waals surface area (Å²) in [5.74, 6) is -1.23. The maximum absolute atomic E-state index is 12.8. The molecule has 112 valence electrons. The maximum Gasteiger partial charge on any atom is 0.393 e. The Labute approximate surface area is 117 Å². The average molecular weight is 287 g/mol. The van der Waals surface area contributed by atoms with Gasteiger partial charge in [0.2, 0.25) is 0 Å². The number of nitrogens with one attached hydrogen (secondary N) is 1. The van der Waals surface area contributed by atoms with Crippen molar-refractivity contribution in [1.82, 2.24) is 10.3 Å². The number of nitrogens with zero attached hydrogens (tertiary/aromatic N) is 2. The van der Waals surface area contributed by atoms with Crippen LogP contribution in [0, 0.1) is 5.92 Å². The van der Waals surface area contributed by atoms with Crippen molar-refractivity contribution in [2.24, 2.45) is 5.92 Å². The lowest BCUT2D eigenvalue weighted by molar-refractivity contribution is -0.175. The van der Waals surface area contributed by atoms with Gasteiger partial charge in [-0.1, -0.05) is 0 Å². The van der Waals surface area contributed by atoms with Gasteiger partial charge in [-0.15, -0.1) is 0 Å². The van der Waals surface area contributed by atoms with Crippen LogP contribution < -0.4 is 10.2 Å². The Kier molecular flexibility index (Phi) is 4.52. The van der Waals surface area contributed by atoms with Gasteiger partial charge in [0.15, 0.2) is 0 Å². The molecule has 1 aliphatic rings. The standard InChI is InChI=1S/C14H20F3N3/c1-10(18-2)13-6-5-12(8-19-13)20-7-3-4-11(9-20)14(15,16)17/h5-6,8,10-11,18H,3-4,7,9H2,1-2H3. The van der Waals surface area contributed by atoms with Gasteiger partial charge < -0.3 is 10.2 Å². The molecule has 1 aromatic rings. The summed E-state index contributed by atoms with van der Waals surface area (Å²) in [6.07, 6.45) is -1.64. The second kappa shape index (κ2) is 5.99. The molecule has 2 unspecified atom stereocenters. The van der Waals surface area contributed by atoms with Gasteiger partial charge in [-0.3, -0.25) is 4.98 Å². The summed E-state index contributed by atoms with van der Waals surface area (Å²) < 4.78 is 38.4. The molecule has 2 heterocycles. The fraction of sp³-hybridized carbons (Fsp3) is 0.643. The number of alkyl halides is 3. The minimum absolute atomic E-state index is 0.0338. The Morgan fingerprint density at radius 2 is 2.15 bits per heavy atom. The molecule has 0 saturated carbocycles. The molecule has 0 amide bonds. The van der Waals surface area contributed by atoms with Crippen molar-refractivity contribution >= 4 is 5.69 Å². The van der Waals surface area contributed by atoms with E-state index in [1.54, 1.807) is 11.1 Å². The Morgan fingerprint density at radius 3 is 2.70 bits per heavy atom. The highest BCUT2D eigenvalue weighted by atomic mass is 19.4. The van der Waals surface area contributed by atoms with E-state index in [-0.39, 0.29) is 19.0 Å². The zero-order valence-electron chi connectivity index (χ0n) is 11.7. The second-order valence-corrected chi connectivity index (χ2v) is 5.28. The Bertz CT molecular complexity index is 430. The predicted octanol–water partition coefficient (Wildman–Crippen LogP) is 3.14. The number of pyridine rings is 1. The number of rotatable bonds is 3. The molecule has 0 spiro atoms. The van der Waals surface area contributed by atoms with Gasteiger partial charge in [-0.05, 0) is 38.9 Å². The van der Waals surface area contributed by atoms with Crippen molar-refractivity contribution in [3.63, 3.8) is 0 Å². The van der Waals surface area contributed by atoms with Crippen LogP contribution in [0.1, 0.15) is 31.5 Å². The van der Waals surface area contributed by atoms with Crippen molar-refractivity contribution in [3.8, 4) is 0 Å². The minimum atomic E-state index is -4.10. The van der Waals surface area contributed by atoms with Crippen LogP contribution in [0.2, 0.25) is 0 Å². The molecule has 1 fully saturated rings. The molecular formula is C14H20F3N3. The third-order valence-electron chi connectivity index (χ3n) is 3.90. The van der Waals surface area contributed by atoms with Crippen molar-refractivity contribution in [2.45, 2.75) is 32.0 Å². The summed E-state index contributed by atoms with van der Waals surface area (Å²) >= 11 is 0. The van der Waals surface area contributed by atoms with Crippen LogP contribution in [-0.4, -0.2) is 31.3 Å². The number of piperidine rings is 1. The van der Waals surface area contributed by atoms with Crippen LogP contribution >= 0.6 is 0 Å². The largest absolute Gasteiger partial charge is 0.393 e. The van der Waals surface area contributed by atoms with E-state index < -0.39 is 12.1 Å². The van der Waals surface area contributed by atoms with E-state index in [1.807, 2.05) is 26.1 Å². The lowest BCUT2D eigenvalue weighted by atomic mass is 9.97. The number of aromatic nitrogens is 1. The zero-order valence-corrected chi connectivity index (χ0v) is 11.7. The molecule has 2 atom stereocenters. The van der Waals surface area contributed by atoms with Gasteiger partial charge in [-0.25, -0.2) is 0 Å². The first kappa shape index (κ1) is 15.1. The normalized spacial score (nSPS) is 21.9. The van der Waals surface area contributed by atoms with E-state index in [2.05, 4.69) is 10.3 Å². The summed E-state index contributed by atoms with van der Waals surface area (Å²) in [6.45, 7) is 2.68. The fourth-order valence-corrected chi connectivity index (χ4v) is 2.47. The van der Waals surface area contributed by atoms with E-state index in [0.29, 0.717) is 13.0 Å². The molecule has 0 radical (unpaired) electrons. The first-order valence-electron chi connectivity index (χ1n) is 6.86. The molecule has 6 heteroatoms. The smallest absolute Gasteiger partial charge is 0.370 e. The Hall–Kier alpha value is -1.30.